The van der Waals surface area contributed by atoms with Crippen LogP contribution in [0.4, 0.5) is 8.78 Å². The molecule has 1 aliphatic rings. The van der Waals surface area contributed by atoms with Crippen molar-refractivity contribution in [3.8, 4) is 22.3 Å². The number of aromatic amines is 1. The fourth-order valence-corrected chi connectivity index (χ4v) is 5.26. The van der Waals surface area contributed by atoms with Crippen LogP contribution in [0.3, 0.4) is 0 Å². The minimum atomic E-state index is -0.314. The summed E-state index contributed by atoms with van der Waals surface area (Å²) in [5, 5.41) is 0.907. The van der Waals surface area contributed by atoms with E-state index in [1.165, 1.54) is 24.3 Å². The minimum absolute atomic E-state index is 0.0649. The van der Waals surface area contributed by atoms with E-state index in [2.05, 4.69) is 4.98 Å². The number of ketones is 1. The lowest BCUT2D eigenvalue weighted by atomic mass is 9.94. The van der Waals surface area contributed by atoms with Gasteiger partial charge in [-0.1, -0.05) is 42.8 Å². The topological polar surface area (TPSA) is 58.9 Å². The lowest BCUT2D eigenvalue weighted by molar-refractivity contribution is 0.0970. The summed E-state index contributed by atoms with van der Waals surface area (Å²) < 4.78 is 27.0. The molecule has 0 amide bonds. The molecule has 3 N–H and O–H groups in total. The van der Waals surface area contributed by atoms with Crippen molar-refractivity contribution < 1.29 is 13.6 Å². The monoisotopic (exact) mass is 458 g/mol. The number of carbonyl (C=O) groups excluding carboxylic acids is 1. The first-order chi connectivity index (χ1) is 16.5. The summed E-state index contributed by atoms with van der Waals surface area (Å²) in [5.74, 6) is 0.589. The van der Waals surface area contributed by atoms with Gasteiger partial charge in [-0.2, -0.15) is 0 Å². The fourth-order valence-electron chi connectivity index (χ4n) is 5.26. The molecule has 34 heavy (non-hydrogen) atoms. The molecule has 0 aliphatic heterocycles. The quantitative estimate of drug-likeness (QED) is 0.290. The number of hydrogen-bond acceptors (Lipinski definition) is 2. The zero-order valence-corrected chi connectivity index (χ0v) is 19.0. The third kappa shape index (κ3) is 4.53. The van der Waals surface area contributed by atoms with Crippen LogP contribution >= 0.6 is 0 Å². The summed E-state index contributed by atoms with van der Waals surface area (Å²) in [4.78, 5) is 16.8. The van der Waals surface area contributed by atoms with Crippen LogP contribution in [-0.2, 0) is 0 Å². The zero-order valence-electron chi connectivity index (χ0n) is 19.0. The third-order valence-corrected chi connectivity index (χ3v) is 7.15. The Bertz CT molecular complexity index is 1310. The van der Waals surface area contributed by atoms with E-state index >= 15 is 0 Å². The first-order valence-electron chi connectivity index (χ1n) is 11.9. The van der Waals surface area contributed by atoms with Crippen LogP contribution in [0.25, 0.3) is 33.2 Å². The molecule has 3 aromatic carbocycles. The van der Waals surface area contributed by atoms with Crippen molar-refractivity contribution in [1.29, 1.82) is 0 Å². The molecule has 5 rings (SSSR count). The van der Waals surface area contributed by atoms with Crippen LogP contribution in [0.5, 0.6) is 0 Å². The second-order valence-corrected chi connectivity index (χ2v) is 9.39. The van der Waals surface area contributed by atoms with Gasteiger partial charge in [-0.15, -0.1) is 0 Å². The summed E-state index contributed by atoms with van der Waals surface area (Å²) in [6.07, 6.45) is 4.70. The van der Waals surface area contributed by atoms with E-state index in [-0.39, 0.29) is 17.4 Å². The second kappa shape index (κ2) is 9.51. The van der Waals surface area contributed by atoms with Gasteiger partial charge in [0.25, 0.3) is 0 Å². The van der Waals surface area contributed by atoms with Crippen LogP contribution < -0.4 is 5.73 Å². The number of benzene rings is 3. The highest BCUT2D eigenvalue weighted by Crippen LogP contribution is 2.37. The molecule has 1 fully saturated rings. The van der Waals surface area contributed by atoms with Crippen molar-refractivity contribution in [1.82, 2.24) is 4.98 Å². The summed E-state index contributed by atoms with van der Waals surface area (Å²) >= 11 is 0. The van der Waals surface area contributed by atoms with E-state index < -0.39 is 0 Å². The van der Waals surface area contributed by atoms with Crippen LogP contribution in [0.1, 0.15) is 42.6 Å². The highest BCUT2D eigenvalue weighted by atomic mass is 19.1. The largest absolute Gasteiger partial charge is 0.352 e. The molecule has 0 bridgehead atoms. The van der Waals surface area contributed by atoms with E-state index in [4.69, 9.17) is 5.73 Å². The maximum Gasteiger partial charge on any atom is 0.179 e. The first-order valence-corrected chi connectivity index (χ1v) is 11.9. The Balaban J connectivity index is 1.50. The Hall–Kier alpha value is -3.31. The SMILES string of the molecule is NC[C@@H]1CC[C@H](CCC(=O)c2[nH]c3cc(-c4ccc(F)cc4)ccc3c2-c2ccc(F)cc2)C1. The number of Topliss-reactive ketones (excluding diaryl/α,β-unsaturated/α-hetero) is 1. The predicted molar refractivity (Wildman–Crippen MR) is 133 cm³/mol. The molecule has 1 aliphatic carbocycles. The number of H-pyrrole nitrogens is 1. The van der Waals surface area contributed by atoms with E-state index in [0.29, 0.717) is 24.0 Å². The smallest absolute Gasteiger partial charge is 0.179 e. The van der Waals surface area contributed by atoms with E-state index in [0.717, 1.165) is 65.4 Å². The van der Waals surface area contributed by atoms with Crippen molar-refractivity contribution in [3.63, 3.8) is 0 Å². The van der Waals surface area contributed by atoms with Gasteiger partial charge in [-0.05, 0) is 84.7 Å². The number of nitrogens with two attached hydrogens (primary N) is 1. The van der Waals surface area contributed by atoms with Gasteiger partial charge >= 0.3 is 0 Å². The molecule has 0 spiro atoms. The number of rotatable bonds is 7. The first kappa shape index (κ1) is 22.5. The molecule has 174 valence electrons. The number of nitrogens with one attached hydrogen (secondary N) is 1. The van der Waals surface area contributed by atoms with Gasteiger partial charge in [0.2, 0.25) is 0 Å². The third-order valence-electron chi connectivity index (χ3n) is 7.15. The van der Waals surface area contributed by atoms with Crippen molar-refractivity contribution in [3.05, 3.63) is 84.1 Å². The minimum Gasteiger partial charge on any atom is -0.352 e. The van der Waals surface area contributed by atoms with E-state index in [9.17, 15) is 13.6 Å². The van der Waals surface area contributed by atoms with E-state index in [1.807, 2.05) is 18.2 Å². The predicted octanol–water partition coefficient (Wildman–Crippen LogP) is 7.12. The van der Waals surface area contributed by atoms with Gasteiger partial charge in [-0.3, -0.25) is 4.79 Å². The van der Waals surface area contributed by atoms with Gasteiger partial charge in [-0.25, -0.2) is 8.78 Å². The number of hydrogen-bond donors (Lipinski definition) is 2. The summed E-state index contributed by atoms with van der Waals surface area (Å²) in [6.45, 7) is 0.720. The molecule has 3 nitrogen and oxygen atoms in total. The molecule has 4 aromatic rings. The molecular formula is C29H28F2N2O. The molecule has 1 saturated carbocycles. The number of carbonyl (C=O) groups is 1. The van der Waals surface area contributed by atoms with Crippen molar-refractivity contribution in [2.75, 3.05) is 6.54 Å². The fraction of sp³-hybridized carbons (Fsp3) is 0.276. The van der Waals surface area contributed by atoms with Gasteiger partial charge in [0.05, 0.1) is 5.69 Å². The molecular weight excluding hydrogens is 430 g/mol. The normalized spacial score (nSPS) is 18.0. The Kier molecular flexibility index (Phi) is 6.29. The van der Waals surface area contributed by atoms with E-state index in [1.54, 1.807) is 24.3 Å². The van der Waals surface area contributed by atoms with Crippen LogP contribution in [0, 0.1) is 23.5 Å². The average molecular weight is 459 g/mol. The molecule has 0 unspecified atom stereocenters. The molecule has 5 heteroatoms. The average Bonchev–Trinajstić information content (AvgIpc) is 3.48. The molecule has 2 atom stereocenters. The Labute approximate surface area is 198 Å². The van der Waals surface area contributed by atoms with Gasteiger partial charge < -0.3 is 10.7 Å². The van der Waals surface area contributed by atoms with Gasteiger partial charge in [0, 0.05) is 22.9 Å². The van der Waals surface area contributed by atoms with Crippen LogP contribution in [0.15, 0.2) is 66.7 Å². The van der Waals surface area contributed by atoms with Gasteiger partial charge in [0.1, 0.15) is 11.6 Å². The van der Waals surface area contributed by atoms with Crippen LogP contribution in [0.2, 0.25) is 0 Å². The second-order valence-electron chi connectivity index (χ2n) is 9.39. The standard InChI is InChI=1S/C29H28F2N2O/c30-23-9-4-20(5-10-23)22-8-13-25-26(16-22)33-29(28(25)21-6-11-24(31)12-7-21)27(34)14-3-18-1-2-19(15-18)17-32/h4-13,16,18-19,33H,1-3,14-15,17,32H2/t18-,19-/m1/s1. The van der Waals surface area contributed by atoms with Crippen molar-refractivity contribution in [2.45, 2.75) is 32.1 Å². The Morgan fingerprint density at radius 3 is 2.12 bits per heavy atom. The zero-order chi connectivity index (χ0) is 23.7. The lowest BCUT2D eigenvalue weighted by Gasteiger charge is -2.10. The van der Waals surface area contributed by atoms with Crippen molar-refractivity contribution in [2.24, 2.45) is 17.6 Å². The number of fused-ring (bicyclic) bond motifs is 1. The number of halogens is 2. The summed E-state index contributed by atoms with van der Waals surface area (Å²) in [6, 6.07) is 18.5. The molecule has 1 aromatic heterocycles. The van der Waals surface area contributed by atoms with Gasteiger partial charge in [0.15, 0.2) is 5.78 Å². The summed E-state index contributed by atoms with van der Waals surface area (Å²) in [5.41, 5.74) is 10.6. The maximum atomic E-state index is 13.6. The Morgan fingerprint density at radius 1 is 0.853 bits per heavy atom. The lowest BCUT2D eigenvalue weighted by Crippen LogP contribution is -2.11. The highest BCUT2D eigenvalue weighted by Gasteiger charge is 2.25. The summed E-state index contributed by atoms with van der Waals surface area (Å²) in [7, 11) is 0. The number of aromatic nitrogens is 1. The maximum absolute atomic E-state index is 13.6. The molecule has 0 radical (unpaired) electrons. The van der Waals surface area contributed by atoms with Crippen LogP contribution in [-0.4, -0.2) is 17.3 Å². The highest BCUT2D eigenvalue weighted by molar-refractivity contribution is 6.11. The molecule has 0 saturated heterocycles. The Morgan fingerprint density at radius 2 is 1.47 bits per heavy atom. The van der Waals surface area contributed by atoms with Crippen molar-refractivity contribution >= 4 is 16.7 Å². The molecule has 1 heterocycles.